The van der Waals surface area contributed by atoms with Crippen LogP contribution in [0.25, 0.3) is 0 Å². The lowest BCUT2D eigenvalue weighted by Gasteiger charge is -2.62. The fourth-order valence-electron chi connectivity index (χ4n) is 7.74. The van der Waals surface area contributed by atoms with Crippen LogP contribution in [0.1, 0.15) is 20.3 Å². The molecule has 0 aromatic heterocycles. The van der Waals surface area contributed by atoms with Gasteiger partial charge in [-0.05, 0) is 19.0 Å². The molecule has 4 aliphatic rings. The average Bonchev–Trinajstić information content (AvgIpc) is 3.47. The largest absolute Gasteiger partial charge is 0.468 e. The van der Waals surface area contributed by atoms with Gasteiger partial charge in [0, 0.05) is 48.6 Å². The Morgan fingerprint density at radius 3 is 2.05 bits per heavy atom. The first-order chi connectivity index (χ1) is 20.4. The summed E-state index contributed by atoms with van der Waals surface area (Å²) in [5.74, 6) is -3.90. The van der Waals surface area contributed by atoms with Crippen LogP contribution in [-0.2, 0) is 52.3 Å². The maximum atomic E-state index is 13.9. The molecule has 0 radical (unpaired) electrons. The van der Waals surface area contributed by atoms with E-state index in [9.17, 15) is 19.5 Å². The van der Waals surface area contributed by atoms with Gasteiger partial charge in [0.05, 0.1) is 31.3 Å². The summed E-state index contributed by atoms with van der Waals surface area (Å²) in [5.41, 5.74) is -4.53. The van der Waals surface area contributed by atoms with Crippen molar-refractivity contribution >= 4 is 34.1 Å². The maximum Gasteiger partial charge on any atom is 0.317 e. The third-order valence-electron chi connectivity index (χ3n) is 9.83. The molecule has 0 aromatic carbocycles. The number of hydrogen-bond donors (Lipinski definition) is 1. The molecule has 4 fully saturated rings. The van der Waals surface area contributed by atoms with Gasteiger partial charge >= 0.3 is 17.9 Å². The Hall–Kier alpha value is -1.40. The molecule has 2 saturated heterocycles. The van der Waals surface area contributed by atoms with Gasteiger partial charge in [-0.1, -0.05) is 39.3 Å². The first-order valence-electron chi connectivity index (χ1n) is 15.6. The first-order valence-corrected chi connectivity index (χ1v) is 23.0. The van der Waals surface area contributed by atoms with Crippen molar-refractivity contribution in [2.75, 3.05) is 47.1 Å². The zero-order chi connectivity index (χ0) is 32.7. The lowest BCUT2D eigenvalue weighted by molar-refractivity contribution is -0.291. The van der Waals surface area contributed by atoms with Crippen molar-refractivity contribution < 1.29 is 57.4 Å². The minimum Gasteiger partial charge on any atom is -0.468 e. The van der Waals surface area contributed by atoms with Gasteiger partial charge in [0.1, 0.15) is 43.2 Å². The second-order valence-electron chi connectivity index (χ2n) is 15.4. The highest BCUT2D eigenvalue weighted by atomic mass is 28.3. The van der Waals surface area contributed by atoms with Crippen molar-refractivity contribution in [2.24, 2.45) is 22.7 Å². The molecule has 12 nitrogen and oxygen atoms in total. The second-order valence-corrected chi connectivity index (χ2v) is 26.7. The fourth-order valence-corrected chi connectivity index (χ4v) is 9.25. The summed E-state index contributed by atoms with van der Waals surface area (Å²) in [4.78, 5) is 39.7. The molecular formula is C30H52O12Si2. The van der Waals surface area contributed by atoms with Gasteiger partial charge in [0.2, 0.25) is 0 Å². The third-order valence-corrected chi connectivity index (χ3v) is 13.2. The van der Waals surface area contributed by atoms with Crippen molar-refractivity contribution in [3.8, 4) is 0 Å². The van der Waals surface area contributed by atoms with E-state index in [-0.39, 0.29) is 33.2 Å². The number of carbonyl (C=O) groups is 3. The SMILES string of the molecule is COC(=O)[C@@]12CO[C@H]3[C@@H](OC(C)=O)[C@](C)(O)[C@@H]4C(=O)OC[C@]4([C@@H](OCOCC[Si](C)(C)C)C[C@H]1OCOCC[Si](C)(C)C)[C@@H]32. The molecular weight excluding hydrogens is 608 g/mol. The Balaban J connectivity index is 1.73. The number of hydrogen-bond acceptors (Lipinski definition) is 12. The van der Waals surface area contributed by atoms with E-state index < -0.39 is 86.7 Å². The molecule has 14 heteroatoms. The molecule has 252 valence electrons. The summed E-state index contributed by atoms with van der Waals surface area (Å²) in [6.07, 6.45) is -3.61. The van der Waals surface area contributed by atoms with Crippen LogP contribution in [0.2, 0.25) is 51.4 Å². The Labute approximate surface area is 262 Å². The molecule has 2 aliphatic carbocycles. The van der Waals surface area contributed by atoms with E-state index in [1.54, 1.807) is 0 Å². The Bertz CT molecular complexity index is 1070. The molecule has 1 N–H and O–H groups in total. The molecule has 2 aliphatic heterocycles. The number of aliphatic hydroxyl groups is 1. The number of cyclic esters (lactones) is 1. The van der Waals surface area contributed by atoms with E-state index in [0.29, 0.717) is 13.2 Å². The van der Waals surface area contributed by atoms with E-state index in [1.807, 2.05) is 0 Å². The molecule has 44 heavy (non-hydrogen) atoms. The van der Waals surface area contributed by atoms with Crippen molar-refractivity contribution in [1.29, 1.82) is 0 Å². The van der Waals surface area contributed by atoms with Crippen molar-refractivity contribution in [2.45, 2.75) is 102 Å². The quantitative estimate of drug-likeness (QED) is 0.0962. The predicted molar refractivity (Wildman–Crippen MR) is 163 cm³/mol. The number of methoxy groups -OCH3 is 1. The first kappa shape index (κ1) is 35.5. The Morgan fingerprint density at radius 2 is 1.52 bits per heavy atom. The highest BCUT2D eigenvalue weighted by Gasteiger charge is 2.83. The lowest BCUT2D eigenvalue weighted by Crippen LogP contribution is -2.76. The molecule has 2 saturated carbocycles. The molecule has 0 aromatic rings. The van der Waals surface area contributed by atoms with Crippen LogP contribution in [-0.4, -0.2) is 116 Å². The topological polar surface area (TPSA) is 145 Å². The molecule has 4 rings (SSSR count). The van der Waals surface area contributed by atoms with Gasteiger partial charge in [0.15, 0.2) is 6.10 Å². The zero-order valence-electron chi connectivity index (χ0n) is 27.8. The summed E-state index contributed by atoms with van der Waals surface area (Å²) in [7, 11) is -1.39. The van der Waals surface area contributed by atoms with Crippen molar-refractivity contribution in [3.05, 3.63) is 0 Å². The van der Waals surface area contributed by atoms with Gasteiger partial charge in [-0.3, -0.25) is 14.4 Å². The fraction of sp³-hybridized carbons (Fsp3) is 0.900. The summed E-state index contributed by atoms with van der Waals surface area (Å²) in [6.45, 7) is 16.9. The number of carbonyl (C=O) groups excluding carboxylic acids is 3. The van der Waals surface area contributed by atoms with Gasteiger partial charge in [-0.25, -0.2) is 0 Å². The minimum absolute atomic E-state index is 0.0593. The van der Waals surface area contributed by atoms with Gasteiger partial charge < -0.3 is 43.0 Å². The molecule has 2 heterocycles. The highest BCUT2D eigenvalue weighted by molar-refractivity contribution is 6.76. The van der Waals surface area contributed by atoms with Gasteiger partial charge in [-0.2, -0.15) is 0 Å². The highest BCUT2D eigenvalue weighted by Crippen LogP contribution is 2.69. The number of ether oxygens (including phenoxy) is 8. The molecule has 0 amide bonds. The van der Waals surface area contributed by atoms with Crippen LogP contribution in [0.5, 0.6) is 0 Å². The van der Waals surface area contributed by atoms with E-state index in [1.165, 1.54) is 21.0 Å². The Morgan fingerprint density at radius 1 is 0.955 bits per heavy atom. The minimum atomic E-state index is -1.89. The van der Waals surface area contributed by atoms with E-state index >= 15 is 0 Å². The van der Waals surface area contributed by atoms with Crippen LogP contribution in [0, 0.1) is 22.7 Å². The predicted octanol–water partition coefficient (Wildman–Crippen LogP) is 2.82. The van der Waals surface area contributed by atoms with Crippen LogP contribution < -0.4 is 0 Å². The van der Waals surface area contributed by atoms with E-state index in [4.69, 9.17) is 37.9 Å². The average molecular weight is 661 g/mol. The Kier molecular flexibility index (Phi) is 10.5. The van der Waals surface area contributed by atoms with Crippen molar-refractivity contribution in [1.82, 2.24) is 0 Å². The standard InChI is InChI=1S/C30H52O12Si2/c1-19(31)42-25-22-23-29(15-39-26(32)24(29)28(25,2)34)20(40-17-36-10-12-43(4,5)6)14-21(30(23,16-38-22)27(33)35-3)41-18-37-11-13-44(7,8)9/h20-25,34H,10-18H2,1-9H3/t20-,21+,22+,23+,24-,25+,28+,29-,30-/m0/s1. The summed E-state index contributed by atoms with van der Waals surface area (Å²) >= 11 is 0. The lowest BCUT2D eigenvalue weighted by atomic mass is 9.43. The molecule has 0 unspecified atom stereocenters. The monoisotopic (exact) mass is 660 g/mol. The normalized spacial score (nSPS) is 38.1. The smallest absolute Gasteiger partial charge is 0.317 e. The summed E-state index contributed by atoms with van der Waals surface area (Å²) in [6, 6.07) is 1.89. The maximum absolute atomic E-state index is 13.9. The molecule has 9 atom stereocenters. The van der Waals surface area contributed by atoms with Gasteiger partial charge in [0.25, 0.3) is 0 Å². The summed E-state index contributed by atoms with van der Waals surface area (Å²) in [5, 5.41) is 12.0. The number of esters is 3. The van der Waals surface area contributed by atoms with Crippen LogP contribution in [0.4, 0.5) is 0 Å². The van der Waals surface area contributed by atoms with Gasteiger partial charge in [-0.15, -0.1) is 0 Å². The van der Waals surface area contributed by atoms with Crippen molar-refractivity contribution in [3.63, 3.8) is 0 Å². The third kappa shape index (κ3) is 6.55. The number of rotatable bonds is 14. The van der Waals surface area contributed by atoms with Crippen LogP contribution >= 0.6 is 0 Å². The van der Waals surface area contributed by atoms with E-state index in [2.05, 4.69) is 39.3 Å². The molecule has 0 bridgehead atoms. The summed E-state index contributed by atoms with van der Waals surface area (Å²) < 4.78 is 47.6. The van der Waals surface area contributed by atoms with E-state index in [0.717, 1.165) is 12.1 Å². The van der Waals surface area contributed by atoms with Crippen LogP contribution in [0.3, 0.4) is 0 Å². The second kappa shape index (κ2) is 13.0. The van der Waals surface area contributed by atoms with Crippen LogP contribution in [0.15, 0.2) is 0 Å². The molecule has 1 spiro atoms. The zero-order valence-corrected chi connectivity index (χ0v) is 29.8.